The van der Waals surface area contributed by atoms with Crippen molar-refractivity contribution in [2.75, 3.05) is 11.9 Å². The molecule has 1 fully saturated rings. The Kier molecular flexibility index (Phi) is 4.81. The van der Waals surface area contributed by atoms with Gasteiger partial charge in [0, 0.05) is 18.4 Å². The maximum atomic E-state index is 13.7. The Balaban J connectivity index is 1.53. The Hall–Kier alpha value is -3.61. The number of urea groups is 1. The van der Waals surface area contributed by atoms with Crippen molar-refractivity contribution in [2.45, 2.75) is 53.4 Å². The van der Waals surface area contributed by atoms with E-state index in [0.29, 0.717) is 5.96 Å². The van der Waals surface area contributed by atoms with E-state index in [-0.39, 0.29) is 18.5 Å². The summed E-state index contributed by atoms with van der Waals surface area (Å²) in [6.07, 6.45) is -0.551. The molecule has 0 saturated carbocycles. The molecule has 3 amide bonds. The van der Waals surface area contributed by atoms with Crippen molar-refractivity contribution in [3.05, 3.63) is 76.1 Å². The highest BCUT2D eigenvalue weighted by Crippen LogP contribution is 2.41. The molecule has 0 aliphatic carbocycles. The summed E-state index contributed by atoms with van der Waals surface area (Å²) in [7, 11) is 1.73. The van der Waals surface area contributed by atoms with Gasteiger partial charge in [0.2, 0.25) is 5.96 Å². The quantitative estimate of drug-likeness (QED) is 0.715. The van der Waals surface area contributed by atoms with Crippen LogP contribution >= 0.6 is 0 Å². The van der Waals surface area contributed by atoms with Crippen LogP contribution in [0.2, 0.25) is 0 Å². The predicted molar refractivity (Wildman–Crippen MR) is 129 cm³/mol. The van der Waals surface area contributed by atoms with E-state index < -0.39 is 12.2 Å². The topological polar surface area (TPSA) is 59.5 Å². The molecule has 0 bridgehead atoms. The number of guanidine groups is 1. The van der Waals surface area contributed by atoms with Crippen LogP contribution in [0.3, 0.4) is 0 Å². The lowest BCUT2D eigenvalue weighted by atomic mass is 10.1. The number of aryl methyl sites for hydroxylation is 2. The van der Waals surface area contributed by atoms with Crippen LogP contribution in [0.15, 0.2) is 58.9 Å². The van der Waals surface area contributed by atoms with Gasteiger partial charge in [-0.1, -0.05) is 42.0 Å². The van der Waals surface area contributed by atoms with Crippen LogP contribution in [0.4, 0.5) is 10.5 Å². The fraction of sp³-hybridized carbons (Fsp3) is 0.346. The summed E-state index contributed by atoms with van der Waals surface area (Å²) in [4.78, 5) is 38.9. The van der Waals surface area contributed by atoms with Gasteiger partial charge in [0.05, 0.1) is 12.2 Å². The van der Waals surface area contributed by atoms with Crippen molar-refractivity contribution in [3.63, 3.8) is 0 Å². The van der Waals surface area contributed by atoms with Crippen molar-refractivity contribution in [2.24, 2.45) is 4.99 Å². The molecule has 0 radical (unpaired) electrons. The second kappa shape index (κ2) is 7.47. The third-order valence-electron chi connectivity index (χ3n) is 7.17. The van der Waals surface area contributed by atoms with Crippen LogP contribution in [0, 0.1) is 20.8 Å². The van der Waals surface area contributed by atoms with Gasteiger partial charge < -0.3 is 4.90 Å². The van der Waals surface area contributed by atoms with Gasteiger partial charge in [-0.15, -0.1) is 0 Å². The predicted octanol–water partition coefficient (Wildman–Crippen LogP) is 4.14. The zero-order valence-electron chi connectivity index (χ0n) is 20.0. The summed E-state index contributed by atoms with van der Waals surface area (Å²) in [5, 5.41) is 0. The standard InChI is InChI=1S/C26H29N5O2/c1-15-10-12-20(13-11-15)14-29-24(32)22-23(28(6)26(29)33)27-25-30(18(4)19(5)31(22)25)21-9-7-8-16(2)17(21)3/h7-13,22-23H,14H2,1-6H3. The number of carbonyl (C=O) groups is 2. The summed E-state index contributed by atoms with van der Waals surface area (Å²) >= 11 is 0. The van der Waals surface area contributed by atoms with E-state index in [0.717, 1.165) is 28.2 Å². The van der Waals surface area contributed by atoms with Gasteiger partial charge in [-0.25, -0.2) is 9.79 Å². The number of hydrogen-bond donors (Lipinski definition) is 0. The van der Waals surface area contributed by atoms with Crippen LogP contribution in [0.5, 0.6) is 0 Å². The number of carbonyl (C=O) groups excluding carboxylic acids is 2. The highest BCUT2D eigenvalue weighted by atomic mass is 16.2. The molecule has 3 aliphatic heterocycles. The largest absolute Gasteiger partial charge is 0.328 e. The fourth-order valence-corrected chi connectivity index (χ4v) is 4.90. The van der Waals surface area contributed by atoms with Crippen LogP contribution in [0.25, 0.3) is 0 Å². The number of allylic oxidation sites excluding steroid dienone is 2. The summed E-state index contributed by atoms with van der Waals surface area (Å²) in [5.74, 6) is 0.497. The molecule has 0 aromatic heterocycles. The average molecular weight is 444 g/mol. The summed E-state index contributed by atoms with van der Waals surface area (Å²) in [6.45, 7) is 10.5. The maximum absolute atomic E-state index is 13.7. The Labute approximate surface area is 194 Å². The molecule has 7 heteroatoms. The number of rotatable bonds is 3. The number of hydrogen-bond acceptors (Lipinski definition) is 5. The number of nitrogens with zero attached hydrogens (tertiary/aromatic N) is 5. The number of anilines is 1. The zero-order chi connectivity index (χ0) is 23.6. The summed E-state index contributed by atoms with van der Waals surface area (Å²) in [5.41, 5.74) is 7.49. The van der Waals surface area contributed by atoms with Gasteiger partial charge in [0.15, 0.2) is 12.2 Å². The van der Waals surface area contributed by atoms with Gasteiger partial charge in [-0.2, -0.15) is 0 Å². The fourth-order valence-electron chi connectivity index (χ4n) is 4.90. The van der Waals surface area contributed by atoms with Gasteiger partial charge in [0.1, 0.15) is 0 Å². The van der Waals surface area contributed by atoms with E-state index in [1.54, 1.807) is 11.9 Å². The maximum Gasteiger partial charge on any atom is 0.328 e. The monoisotopic (exact) mass is 443 g/mol. The van der Waals surface area contributed by atoms with Gasteiger partial charge in [-0.3, -0.25) is 19.5 Å². The third-order valence-corrected chi connectivity index (χ3v) is 7.17. The lowest BCUT2D eigenvalue weighted by Gasteiger charge is -2.40. The Morgan fingerprint density at radius 3 is 2.30 bits per heavy atom. The van der Waals surface area contributed by atoms with Crippen molar-refractivity contribution in [1.29, 1.82) is 0 Å². The summed E-state index contributed by atoms with van der Waals surface area (Å²) in [6, 6.07) is 13.2. The molecule has 33 heavy (non-hydrogen) atoms. The summed E-state index contributed by atoms with van der Waals surface area (Å²) < 4.78 is 0. The number of likely N-dealkylation sites (N-methyl/N-ethyl adjacent to an activating group) is 1. The number of amides is 3. The molecule has 7 nitrogen and oxygen atoms in total. The van der Waals surface area contributed by atoms with E-state index in [2.05, 4.69) is 37.8 Å². The highest BCUT2D eigenvalue weighted by molar-refractivity contribution is 6.10. The third kappa shape index (κ3) is 3.06. The Bertz CT molecular complexity index is 1230. The number of aliphatic imine (C=N–C) groups is 1. The molecule has 3 heterocycles. The van der Waals surface area contributed by atoms with E-state index in [4.69, 9.17) is 4.99 Å². The zero-order valence-corrected chi connectivity index (χ0v) is 20.0. The molecule has 2 aromatic carbocycles. The SMILES string of the molecule is CC1=C(C)N2C(=NC3C2C(=O)N(Cc2ccc(C)cc2)C(=O)N3C)N1c1cccc(C)c1C. The smallest absolute Gasteiger partial charge is 0.302 e. The lowest BCUT2D eigenvalue weighted by Crippen LogP contribution is -2.64. The molecule has 0 N–H and O–H groups in total. The molecule has 3 aliphatic rings. The minimum Gasteiger partial charge on any atom is -0.302 e. The highest BCUT2D eigenvalue weighted by Gasteiger charge is 2.56. The molecule has 2 aromatic rings. The van der Waals surface area contributed by atoms with Gasteiger partial charge >= 0.3 is 6.03 Å². The van der Waals surface area contributed by atoms with E-state index in [1.165, 1.54) is 16.0 Å². The minimum atomic E-state index is -0.571. The Morgan fingerprint density at radius 2 is 1.61 bits per heavy atom. The van der Waals surface area contributed by atoms with Crippen LogP contribution in [0.1, 0.15) is 36.1 Å². The average Bonchev–Trinajstić information content (AvgIpc) is 3.29. The van der Waals surface area contributed by atoms with E-state index in [9.17, 15) is 9.59 Å². The first-order valence-corrected chi connectivity index (χ1v) is 11.2. The number of imide groups is 1. The first kappa shape index (κ1) is 21.2. The van der Waals surface area contributed by atoms with Crippen LogP contribution in [-0.2, 0) is 11.3 Å². The molecule has 0 spiro atoms. The van der Waals surface area contributed by atoms with Crippen molar-refractivity contribution in [1.82, 2.24) is 14.7 Å². The Morgan fingerprint density at radius 1 is 0.909 bits per heavy atom. The lowest BCUT2D eigenvalue weighted by molar-refractivity contribution is -0.137. The molecule has 1 saturated heterocycles. The molecular weight excluding hydrogens is 414 g/mol. The minimum absolute atomic E-state index is 0.211. The molecule has 170 valence electrons. The first-order chi connectivity index (χ1) is 15.7. The van der Waals surface area contributed by atoms with Crippen LogP contribution < -0.4 is 4.90 Å². The van der Waals surface area contributed by atoms with Gasteiger partial charge in [0.25, 0.3) is 5.91 Å². The number of benzene rings is 2. The molecule has 5 rings (SSSR count). The second-order valence-corrected chi connectivity index (χ2v) is 9.19. The molecule has 2 atom stereocenters. The van der Waals surface area contributed by atoms with Crippen molar-refractivity contribution >= 4 is 23.6 Å². The van der Waals surface area contributed by atoms with Gasteiger partial charge in [-0.05, 0) is 57.4 Å². The first-order valence-electron chi connectivity index (χ1n) is 11.2. The van der Waals surface area contributed by atoms with Crippen molar-refractivity contribution < 1.29 is 9.59 Å². The second-order valence-electron chi connectivity index (χ2n) is 9.19. The van der Waals surface area contributed by atoms with E-state index in [1.807, 2.05) is 49.1 Å². The number of fused-ring (bicyclic) bond motifs is 3. The van der Waals surface area contributed by atoms with E-state index >= 15 is 0 Å². The molecule has 2 unspecified atom stereocenters. The normalized spacial score (nSPS) is 22.3. The van der Waals surface area contributed by atoms with Crippen LogP contribution in [-0.4, -0.2) is 51.9 Å². The van der Waals surface area contributed by atoms with Crippen molar-refractivity contribution in [3.8, 4) is 0 Å². The molecular formula is C26H29N5O2.